The lowest BCUT2D eigenvalue weighted by Crippen LogP contribution is -2.30. The molecule has 0 saturated carbocycles. The number of hydrogen-bond acceptors (Lipinski definition) is 4. The van der Waals surface area contributed by atoms with Gasteiger partial charge in [-0.2, -0.15) is 0 Å². The van der Waals surface area contributed by atoms with Gasteiger partial charge < -0.3 is 10.2 Å². The Morgan fingerprint density at radius 2 is 2.35 bits per heavy atom. The fourth-order valence-electron chi connectivity index (χ4n) is 2.53. The average molecular weight is 351 g/mol. The molecule has 5 nitrogen and oxygen atoms in total. The van der Waals surface area contributed by atoms with Crippen LogP contribution in [0.5, 0.6) is 0 Å². The summed E-state index contributed by atoms with van der Waals surface area (Å²) in [4.78, 5) is 20.0. The number of aromatic nitrogens is 1. The minimum atomic E-state index is -0.216. The lowest BCUT2D eigenvalue weighted by molar-refractivity contribution is 0.252. The zero-order valence-corrected chi connectivity index (χ0v) is 14.5. The molecule has 7 heteroatoms. The maximum atomic E-state index is 12.0. The number of likely N-dealkylation sites (N-methyl/N-ethyl adjacent to an activating group) is 1. The molecule has 0 radical (unpaired) electrons. The number of urea groups is 1. The summed E-state index contributed by atoms with van der Waals surface area (Å²) in [6.07, 6.45) is 1.69. The third-order valence-electron chi connectivity index (χ3n) is 3.73. The predicted octanol–water partition coefficient (Wildman–Crippen LogP) is 3.15. The number of anilines is 1. The first-order chi connectivity index (χ1) is 11.1. The number of halogens is 1. The van der Waals surface area contributed by atoms with E-state index in [2.05, 4.69) is 27.6 Å². The van der Waals surface area contributed by atoms with Crippen LogP contribution in [0.3, 0.4) is 0 Å². The molecule has 122 valence electrons. The van der Waals surface area contributed by atoms with Crippen LogP contribution < -0.4 is 10.6 Å². The standard InChI is InChI=1S/C16H19ClN4OS/c1-21-8-6-13-14(10-21)23-16(19-13)20-15(22)18-7-5-11-3-2-4-12(17)9-11/h2-4,9H,5-8,10H2,1H3,(H2,18,19,20,22). The van der Waals surface area contributed by atoms with Gasteiger partial charge in [-0.15, -0.1) is 11.3 Å². The Balaban J connectivity index is 1.48. The summed E-state index contributed by atoms with van der Waals surface area (Å²) in [5.41, 5.74) is 2.22. The minimum Gasteiger partial charge on any atom is -0.337 e. The molecular weight excluding hydrogens is 332 g/mol. The number of hydrogen-bond donors (Lipinski definition) is 2. The Morgan fingerprint density at radius 1 is 1.48 bits per heavy atom. The molecule has 23 heavy (non-hydrogen) atoms. The molecule has 1 aliphatic heterocycles. The number of carbonyl (C=O) groups excluding carboxylic acids is 1. The Bertz CT molecular complexity index is 703. The van der Waals surface area contributed by atoms with E-state index in [1.807, 2.05) is 24.3 Å². The van der Waals surface area contributed by atoms with E-state index < -0.39 is 0 Å². The highest BCUT2D eigenvalue weighted by molar-refractivity contribution is 7.15. The Morgan fingerprint density at radius 3 is 3.17 bits per heavy atom. The second-order valence-corrected chi connectivity index (χ2v) is 7.16. The molecule has 1 aromatic heterocycles. The van der Waals surface area contributed by atoms with Gasteiger partial charge in [-0.05, 0) is 31.2 Å². The van der Waals surface area contributed by atoms with Crippen LogP contribution in [0.2, 0.25) is 5.02 Å². The number of fused-ring (bicyclic) bond motifs is 1. The van der Waals surface area contributed by atoms with Gasteiger partial charge in [0, 0.05) is 36.0 Å². The van der Waals surface area contributed by atoms with Gasteiger partial charge in [-0.3, -0.25) is 5.32 Å². The lowest BCUT2D eigenvalue weighted by Gasteiger charge is -2.20. The van der Waals surface area contributed by atoms with Crippen molar-refractivity contribution in [3.63, 3.8) is 0 Å². The Kier molecular flexibility index (Phi) is 5.15. The van der Waals surface area contributed by atoms with E-state index in [-0.39, 0.29) is 6.03 Å². The van der Waals surface area contributed by atoms with Crippen molar-refractivity contribution in [3.05, 3.63) is 45.4 Å². The van der Waals surface area contributed by atoms with Crippen molar-refractivity contribution in [2.45, 2.75) is 19.4 Å². The van der Waals surface area contributed by atoms with E-state index in [1.165, 1.54) is 4.88 Å². The van der Waals surface area contributed by atoms with Gasteiger partial charge in [-0.1, -0.05) is 23.7 Å². The molecule has 0 saturated heterocycles. The summed E-state index contributed by atoms with van der Waals surface area (Å²) in [6, 6.07) is 7.44. The second-order valence-electron chi connectivity index (χ2n) is 5.64. The van der Waals surface area contributed by atoms with Gasteiger partial charge in [0.05, 0.1) is 5.69 Å². The molecule has 2 aromatic rings. The summed E-state index contributed by atoms with van der Waals surface area (Å²) in [6.45, 7) is 2.48. The van der Waals surface area contributed by atoms with Crippen LogP contribution in [0.4, 0.5) is 9.93 Å². The number of rotatable bonds is 4. The summed E-state index contributed by atoms with van der Waals surface area (Å²) in [7, 11) is 2.10. The van der Waals surface area contributed by atoms with Gasteiger partial charge in [0.2, 0.25) is 0 Å². The van der Waals surface area contributed by atoms with Crippen LogP contribution >= 0.6 is 22.9 Å². The van der Waals surface area contributed by atoms with Gasteiger partial charge >= 0.3 is 6.03 Å². The van der Waals surface area contributed by atoms with E-state index in [1.54, 1.807) is 11.3 Å². The molecule has 2 N–H and O–H groups in total. The fourth-order valence-corrected chi connectivity index (χ4v) is 3.83. The maximum absolute atomic E-state index is 12.0. The van der Waals surface area contributed by atoms with Crippen LogP contribution in [-0.4, -0.2) is 36.1 Å². The molecule has 0 unspecified atom stereocenters. The monoisotopic (exact) mass is 350 g/mol. The van der Waals surface area contributed by atoms with Gasteiger partial charge in [0.1, 0.15) is 0 Å². The SMILES string of the molecule is CN1CCc2nc(NC(=O)NCCc3cccc(Cl)c3)sc2C1. The molecule has 0 fully saturated rings. The third-order valence-corrected chi connectivity index (χ3v) is 4.96. The van der Waals surface area contributed by atoms with Crippen LogP contribution in [-0.2, 0) is 19.4 Å². The first-order valence-corrected chi connectivity index (χ1v) is 8.76. The first-order valence-electron chi connectivity index (χ1n) is 7.56. The van der Waals surface area contributed by atoms with Crippen molar-refractivity contribution in [2.75, 3.05) is 25.5 Å². The number of carbonyl (C=O) groups is 1. The van der Waals surface area contributed by atoms with Crippen LogP contribution in [0.1, 0.15) is 16.1 Å². The van der Waals surface area contributed by atoms with E-state index in [4.69, 9.17) is 11.6 Å². The van der Waals surface area contributed by atoms with E-state index in [0.717, 1.165) is 37.2 Å². The Hall–Kier alpha value is -1.63. The van der Waals surface area contributed by atoms with Crippen LogP contribution in [0, 0.1) is 0 Å². The third kappa shape index (κ3) is 4.43. The predicted molar refractivity (Wildman–Crippen MR) is 94.3 cm³/mol. The quantitative estimate of drug-likeness (QED) is 0.890. The molecule has 2 amide bonds. The highest BCUT2D eigenvalue weighted by atomic mass is 35.5. The molecule has 0 aliphatic carbocycles. The minimum absolute atomic E-state index is 0.216. The molecule has 0 atom stereocenters. The summed E-state index contributed by atoms with van der Waals surface area (Å²) in [5.74, 6) is 0. The van der Waals surface area contributed by atoms with Gasteiger partial charge in [0.15, 0.2) is 5.13 Å². The number of benzene rings is 1. The van der Waals surface area contributed by atoms with Crippen LogP contribution in [0.15, 0.2) is 24.3 Å². The number of thiazole rings is 1. The van der Waals surface area contributed by atoms with Crippen molar-refractivity contribution in [2.24, 2.45) is 0 Å². The van der Waals surface area contributed by atoms with Crippen molar-refractivity contribution in [3.8, 4) is 0 Å². The zero-order valence-electron chi connectivity index (χ0n) is 12.9. The summed E-state index contributed by atoms with van der Waals surface area (Å²) in [5, 5.41) is 7.06. The largest absolute Gasteiger partial charge is 0.337 e. The highest BCUT2D eigenvalue weighted by Gasteiger charge is 2.18. The van der Waals surface area contributed by atoms with E-state index >= 15 is 0 Å². The zero-order chi connectivity index (χ0) is 16.2. The van der Waals surface area contributed by atoms with Gasteiger partial charge in [-0.25, -0.2) is 9.78 Å². The Labute approximate surface area is 144 Å². The smallest absolute Gasteiger partial charge is 0.321 e. The van der Waals surface area contributed by atoms with Crippen LogP contribution in [0.25, 0.3) is 0 Å². The van der Waals surface area contributed by atoms with E-state index in [9.17, 15) is 4.79 Å². The molecule has 1 aromatic carbocycles. The number of amides is 2. The number of nitrogens with one attached hydrogen (secondary N) is 2. The average Bonchev–Trinajstić information content (AvgIpc) is 2.88. The van der Waals surface area contributed by atoms with Crippen molar-refractivity contribution < 1.29 is 4.79 Å². The van der Waals surface area contributed by atoms with Crippen molar-refractivity contribution in [1.29, 1.82) is 0 Å². The number of nitrogens with zero attached hydrogens (tertiary/aromatic N) is 2. The molecule has 0 bridgehead atoms. The molecule has 0 spiro atoms. The second kappa shape index (κ2) is 7.29. The summed E-state index contributed by atoms with van der Waals surface area (Å²) < 4.78 is 0. The first kappa shape index (κ1) is 16.2. The maximum Gasteiger partial charge on any atom is 0.321 e. The molecular formula is C16H19ClN4OS. The fraction of sp³-hybridized carbons (Fsp3) is 0.375. The molecule has 2 heterocycles. The van der Waals surface area contributed by atoms with Crippen molar-refractivity contribution in [1.82, 2.24) is 15.2 Å². The topological polar surface area (TPSA) is 57.3 Å². The van der Waals surface area contributed by atoms with E-state index in [0.29, 0.717) is 16.7 Å². The van der Waals surface area contributed by atoms with Crippen molar-refractivity contribution >= 4 is 34.1 Å². The molecule has 1 aliphatic rings. The van der Waals surface area contributed by atoms with Gasteiger partial charge in [0.25, 0.3) is 0 Å². The normalized spacial score (nSPS) is 14.3. The molecule has 3 rings (SSSR count). The highest BCUT2D eigenvalue weighted by Crippen LogP contribution is 2.27. The summed E-state index contributed by atoms with van der Waals surface area (Å²) >= 11 is 7.50. The lowest BCUT2D eigenvalue weighted by atomic mass is 10.1.